The summed E-state index contributed by atoms with van der Waals surface area (Å²) < 4.78 is 3.39. The van der Waals surface area contributed by atoms with Gasteiger partial charge in [0.15, 0.2) is 0 Å². The zero-order valence-electron chi connectivity index (χ0n) is 17.0. The maximum Gasteiger partial charge on any atom is 0.0853 e. The molecule has 0 bridgehead atoms. The molecular formula is C22H29N5S. The SMILES string of the molecule is C=N/C=C/C(=N\N1C=C1C)C1CCCCN1C(=C)c1cc(C)ccc1NSC. The minimum absolute atomic E-state index is 0.170. The molecule has 148 valence electrons. The molecule has 1 aromatic rings. The molecule has 5 nitrogen and oxygen atoms in total. The van der Waals surface area contributed by atoms with E-state index < -0.39 is 0 Å². The van der Waals surface area contributed by atoms with E-state index in [1.807, 2.05) is 23.5 Å². The number of allylic oxidation sites excluding steroid dienone is 1. The molecule has 6 heteroatoms. The molecule has 28 heavy (non-hydrogen) atoms. The lowest BCUT2D eigenvalue weighted by atomic mass is 9.95. The van der Waals surface area contributed by atoms with Crippen molar-refractivity contribution in [2.24, 2.45) is 10.1 Å². The van der Waals surface area contributed by atoms with Crippen molar-refractivity contribution in [1.82, 2.24) is 9.91 Å². The second-order valence-electron chi connectivity index (χ2n) is 7.15. The Morgan fingerprint density at radius 3 is 2.79 bits per heavy atom. The van der Waals surface area contributed by atoms with Gasteiger partial charge in [-0.1, -0.05) is 30.2 Å². The Balaban J connectivity index is 1.93. The van der Waals surface area contributed by atoms with Crippen LogP contribution in [-0.4, -0.2) is 41.2 Å². The highest BCUT2D eigenvalue weighted by molar-refractivity contribution is 7.99. The number of anilines is 1. The van der Waals surface area contributed by atoms with E-state index >= 15 is 0 Å². The largest absolute Gasteiger partial charge is 0.363 e. The highest BCUT2D eigenvalue weighted by Crippen LogP contribution is 2.33. The Hall–Kier alpha value is -2.47. The van der Waals surface area contributed by atoms with Crippen LogP contribution in [0.5, 0.6) is 0 Å². The summed E-state index contributed by atoms with van der Waals surface area (Å²) in [7, 11) is 0. The molecule has 1 atom stereocenters. The summed E-state index contributed by atoms with van der Waals surface area (Å²) >= 11 is 1.60. The molecule has 1 saturated heterocycles. The van der Waals surface area contributed by atoms with Crippen molar-refractivity contribution in [3.8, 4) is 0 Å². The molecule has 0 aliphatic carbocycles. The molecule has 0 amide bonds. The topological polar surface area (TPSA) is 43.0 Å². The molecular weight excluding hydrogens is 366 g/mol. The molecule has 0 radical (unpaired) electrons. The number of aliphatic imine (C=N–C) groups is 1. The van der Waals surface area contributed by atoms with Crippen LogP contribution < -0.4 is 4.72 Å². The predicted octanol–water partition coefficient (Wildman–Crippen LogP) is 5.26. The van der Waals surface area contributed by atoms with Gasteiger partial charge in [-0.25, -0.2) is 5.01 Å². The van der Waals surface area contributed by atoms with Gasteiger partial charge in [-0.2, -0.15) is 5.10 Å². The number of benzene rings is 1. The number of rotatable bonds is 8. The van der Waals surface area contributed by atoms with Crippen molar-refractivity contribution in [2.75, 3.05) is 17.5 Å². The molecule has 1 N–H and O–H groups in total. The predicted molar refractivity (Wildman–Crippen MR) is 123 cm³/mol. The van der Waals surface area contributed by atoms with Crippen molar-refractivity contribution in [3.05, 3.63) is 60.1 Å². The lowest BCUT2D eigenvalue weighted by molar-refractivity contribution is 0.281. The quantitative estimate of drug-likeness (QED) is 0.482. The van der Waals surface area contributed by atoms with E-state index in [-0.39, 0.29) is 6.04 Å². The lowest BCUT2D eigenvalue weighted by Crippen LogP contribution is -2.43. The maximum absolute atomic E-state index is 4.81. The number of likely N-dealkylation sites (tertiary alicyclic amines) is 1. The maximum atomic E-state index is 4.81. The zero-order valence-corrected chi connectivity index (χ0v) is 17.8. The summed E-state index contributed by atoms with van der Waals surface area (Å²) in [6.07, 6.45) is 11.1. The lowest BCUT2D eigenvalue weighted by Gasteiger charge is -2.39. The summed E-state index contributed by atoms with van der Waals surface area (Å²) in [5, 5.41) is 6.74. The van der Waals surface area contributed by atoms with Crippen LogP contribution in [0.25, 0.3) is 5.70 Å². The molecule has 3 rings (SSSR count). The van der Waals surface area contributed by atoms with Crippen LogP contribution in [0, 0.1) is 6.92 Å². The number of piperidine rings is 1. The van der Waals surface area contributed by atoms with Crippen LogP contribution in [0.15, 0.2) is 59.0 Å². The van der Waals surface area contributed by atoms with Crippen LogP contribution in [0.3, 0.4) is 0 Å². The second kappa shape index (κ2) is 9.15. The molecule has 0 aromatic heterocycles. The molecule has 0 saturated carbocycles. The molecule has 2 aliphatic rings. The first-order valence-electron chi connectivity index (χ1n) is 9.59. The standard InChI is InChI=1S/C22H29N5S/c1-16-9-10-20(25-28-5)19(14-16)18(3)26-13-7-6-8-22(26)21(11-12-23-4)24-27-15-17(27)2/h9-12,14-15,22,25H,3-4,6-8,13H2,1-2,5H3/b12-11+,24-21+. The van der Waals surface area contributed by atoms with Gasteiger partial charge in [-0.3, -0.25) is 4.99 Å². The van der Waals surface area contributed by atoms with Crippen molar-refractivity contribution in [3.63, 3.8) is 0 Å². The monoisotopic (exact) mass is 395 g/mol. The molecule has 1 aromatic carbocycles. The highest BCUT2D eigenvalue weighted by Gasteiger charge is 2.29. The number of hydrogen-bond donors (Lipinski definition) is 1. The van der Waals surface area contributed by atoms with Gasteiger partial charge in [0, 0.05) is 30.3 Å². The van der Waals surface area contributed by atoms with Gasteiger partial charge < -0.3 is 9.62 Å². The zero-order chi connectivity index (χ0) is 20.1. The van der Waals surface area contributed by atoms with Crippen LogP contribution >= 0.6 is 11.9 Å². The van der Waals surface area contributed by atoms with Gasteiger partial charge in [0.2, 0.25) is 0 Å². The van der Waals surface area contributed by atoms with Crippen LogP contribution in [0.2, 0.25) is 0 Å². The molecule has 1 unspecified atom stereocenters. The average molecular weight is 396 g/mol. The van der Waals surface area contributed by atoms with Crippen LogP contribution in [0.4, 0.5) is 5.69 Å². The number of hydrogen-bond acceptors (Lipinski definition) is 6. The number of hydrazone groups is 1. The summed E-state index contributed by atoms with van der Waals surface area (Å²) in [6, 6.07) is 6.64. The number of nitrogens with one attached hydrogen (secondary N) is 1. The summed E-state index contributed by atoms with van der Waals surface area (Å²) in [5.41, 5.74) is 6.67. The number of nitrogens with zero attached hydrogens (tertiary/aromatic N) is 4. The van der Waals surface area contributed by atoms with E-state index in [1.54, 1.807) is 18.1 Å². The van der Waals surface area contributed by atoms with Crippen molar-refractivity contribution in [2.45, 2.75) is 39.2 Å². The minimum atomic E-state index is 0.170. The van der Waals surface area contributed by atoms with E-state index in [9.17, 15) is 0 Å². The first-order valence-corrected chi connectivity index (χ1v) is 10.8. The molecule has 1 fully saturated rings. The van der Waals surface area contributed by atoms with E-state index in [0.29, 0.717) is 0 Å². The van der Waals surface area contributed by atoms with E-state index in [0.717, 1.165) is 42.0 Å². The van der Waals surface area contributed by atoms with Crippen molar-refractivity contribution < 1.29 is 0 Å². The second-order valence-corrected chi connectivity index (χ2v) is 7.76. The molecule has 2 heterocycles. The van der Waals surface area contributed by atoms with Gasteiger partial charge >= 0.3 is 0 Å². The Labute approximate surface area is 172 Å². The third-order valence-electron chi connectivity index (χ3n) is 5.07. The fraction of sp³-hybridized carbons (Fsp3) is 0.364. The summed E-state index contributed by atoms with van der Waals surface area (Å²) in [4.78, 5) is 6.29. The van der Waals surface area contributed by atoms with Gasteiger partial charge in [0.25, 0.3) is 0 Å². The van der Waals surface area contributed by atoms with Crippen LogP contribution in [-0.2, 0) is 0 Å². The first-order chi connectivity index (χ1) is 13.5. The van der Waals surface area contributed by atoms with E-state index in [1.165, 1.54) is 17.7 Å². The third kappa shape index (κ3) is 4.68. The first kappa shape index (κ1) is 20.3. The van der Waals surface area contributed by atoms with Crippen LogP contribution in [0.1, 0.15) is 37.3 Å². The van der Waals surface area contributed by atoms with Gasteiger partial charge in [0.1, 0.15) is 0 Å². The Bertz CT molecular complexity index is 839. The van der Waals surface area contributed by atoms with E-state index in [4.69, 9.17) is 5.10 Å². The summed E-state index contributed by atoms with van der Waals surface area (Å²) in [6.45, 7) is 13.2. The van der Waals surface area contributed by atoms with Gasteiger partial charge in [0.05, 0.1) is 29.3 Å². The van der Waals surface area contributed by atoms with E-state index in [2.05, 4.69) is 60.0 Å². The average Bonchev–Trinajstić information content (AvgIpc) is 3.40. The van der Waals surface area contributed by atoms with Crippen molar-refractivity contribution in [1.29, 1.82) is 0 Å². The fourth-order valence-electron chi connectivity index (χ4n) is 3.53. The third-order valence-corrected chi connectivity index (χ3v) is 5.49. The van der Waals surface area contributed by atoms with Gasteiger partial charge in [-0.15, -0.1) is 0 Å². The smallest absolute Gasteiger partial charge is 0.0853 e. The number of aryl methyl sites for hydroxylation is 1. The fourth-order valence-corrected chi connectivity index (χ4v) is 3.93. The molecule has 0 spiro atoms. The Kier molecular flexibility index (Phi) is 6.62. The normalized spacial score (nSPS) is 19.6. The Morgan fingerprint density at radius 2 is 2.11 bits per heavy atom. The highest BCUT2D eigenvalue weighted by atomic mass is 32.2. The Morgan fingerprint density at radius 1 is 1.32 bits per heavy atom. The van der Waals surface area contributed by atoms with Crippen molar-refractivity contribution >= 4 is 35.8 Å². The molecule has 2 aliphatic heterocycles. The summed E-state index contributed by atoms with van der Waals surface area (Å²) in [5.74, 6) is 0. The minimum Gasteiger partial charge on any atom is -0.363 e. The van der Waals surface area contributed by atoms with Gasteiger partial charge in [-0.05, 0) is 58.0 Å².